The number of benzene rings is 1. The minimum Gasteiger partial charge on any atom is -0.504 e. The molecular weight excluding hydrogens is 236 g/mol. The molecule has 0 fully saturated rings. The summed E-state index contributed by atoms with van der Waals surface area (Å²) in [6, 6.07) is 2.68. The van der Waals surface area contributed by atoms with Crippen molar-refractivity contribution in [1.29, 1.82) is 0 Å². The van der Waals surface area contributed by atoms with Crippen LogP contribution in [0.25, 0.3) is 0 Å². The molecule has 0 bridgehead atoms. The lowest BCUT2D eigenvalue weighted by atomic mass is 10.2. The fourth-order valence-corrected chi connectivity index (χ4v) is 1.45. The van der Waals surface area contributed by atoms with Crippen LogP contribution in [0.2, 0.25) is 0 Å². The van der Waals surface area contributed by atoms with Crippen LogP contribution in [0.15, 0.2) is 12.1 Å². The molecule has 0 aliphatic carbocycles. The van der Waals surface area contributed by atoms with Crippen LogP contribution in [-0.4, -0.2) is 24.5 Å². The normalized spacial score (nSPS) is 9.89. The van der Waals surface area contributed by atoms with Crippen LogP contribution in [0.3, 0.4) is 0 Å². The molecule has 98 valence electrons. The highest BCUT2D eigenvalue weighted by molar-refractivity contribution is 5.85. The number of hydrogen-bond donors (Lipinski definition) is 1. The van der Waals surface area contributed by atoms with Crippen LogP contribution in [-0.2, 0) is 4.79 Å². The molecule has 0 atom stereocenters. The first-order valence-corrected chi connectivity index (χ1v) is 5.69. The lowest BCUT2D eigenvalue weighted by molar-refractivity contribution is -0.134. The Bertz CT molecular complexity index is 439. The second kappa shape index (κ2) is 6.64. The minimum absolute atomic E-state index is 0.00977. The van der Waals surface area contributed by atoms with Gasteiger partial charge in [-0.1, -0.05) is 13.3 Å². The molecule has 0 aromatic heterocycles. The predicted molar refractivity (Wildman–Crippen MR) is 65.2 cm³/mol. The fourth-order valence-electron chi connectivity index (χ4n) is 1.45. The SMILES string of the molecule is CCCCC(=O)Oc1c(C=O)ccc(O)c1OC. The number of methoxy groups -OCH3 is 1. The quantitative estimate of drug-likeness (QED) is 0.478. The Morgan fingerprint density at radius 1 is 1.39 bits per heavy atom. The van der Waals surface area contributed by atoms with E-state index in [2.05, 4.69) is 0 Å². The summed E-state index contributed by atoms with van der Waals surface area (Å²) in [6.45, 7) is 1.96. The van der Waals surface area contributed by atoms with Gasteiger partial charge < -0.3 is 14.6 Å². The summed E-state index contributed by atoms with van der Waals surface area (Å²) in [5.41, 5.74) is 0.162. The maximum Gasteiger partial charge on any atom is 0.311 e. The number of carbonyl (C=O) groups is 2. The first kappa shape index (κ1) is 14.0. The van der Waals surface area contributed by atoms with E-state index in [-0.39, 0.29) is 29.2 Å². The highest BCUT2D eigenvalue weighted by Crippen LogP contribution is 2.38. The van der Waals surface area contributed by atoms with E-state index in [1.807, 2.05) is 6.92 Å². The van der Waals surface area contributed by atoms with Gasteiger partial charge in [-0.15, -0.1) is 0 Å². The number of unbranched alkanes of at least 4 members (excludes halogenated alkanes) is 1. The number of rotatable bonds is 6. The molecule has 1 N–H and O–H groups in total. The van der Waals surface area contributed by atoms with E-state index in [4.69, 9.17) is 9.47 Å². The van der Waals surface area contributed by atoms with Crippen molar-refractivity contribution in [2.24, 2.45) is 0 Å². The van der Waals surface area contributed by atoms with E-state index in [0.717, 1.165) is 6.42 Å². The smallest absolute Gasteiger partial charge is 0.311 e. The fraction of sp³-hybridized carbons (Fsp3) is 0.385. The van der Waals surface area contributed by atoms with E-state index in [1.165, 1.54) is 19.2 Å². The molecule has 0 radical (unpaired) electrons. The summed E-state index contributed by atoms with van der Waals surface area (Å²) >= 11 is 0. The van der Waals surface area contributed by atoms with Crippen molar-refractivity contribution in [3.8, 4) is 17.2 Å². The van der Waals surface area contributed by atoms with Gasteiger partial charge in [-0.05, 0) is 18.6 Å². The largest absolute Gasteiger partial charge is 0.504 e. The van der Waals surface area contributed by atoms with Crippen molar-refractivity contribution in [2.75, 3.05) is 7.11 Å². The van der Waals surface area contributed by atoms with Gasteiger partial charge in [-0.25, -0.2) is 0 Å². The molecule has 5 heteroatoms. The van der Waals surface area contributed by atoms with Gasteiger partial charge in [0.15, 0.2) is 17.8 Å². The Hall–Kier alpha value is -2.04. The van der Waals surface area contributed by atoms with Crippen molar-refractivity contribution < 1.29 is 24.2 Å². The number of esters is 1. The monoisotopic (exact) mass is 252 g/mol. The molecule has 5 nitrogen and oxygen atoms in total. The summed E-state index contributed by atoms with van der Waals surface area (Å²) in [5.74, 6) is -0.678. The number of aldehydes is 1. The lowest BCUT2D eigenvalue weighted by Crippen LogP contribution is -2.10. The van der Waals surface area contributed by atoms with E-state index in [9.17, 15) is 14.7 Å². The van der Waals surface area contributed by atoms with Crippen molar-refractivity contribution in [1.82, 2.24) is 0 Å². The Morgan fingerprint density at radius 3 is 2.67 bits per heavy atom. The number of ether oxygens (including phenoxy) is 2. The Kier molecular flexibility index (Phi) is 5.17. The van der Waals surface area contributed by atoms with Gasteiger partial charge >= 0.3 is 5.97 Å². The number of phenols is 1. The average Bonchev–Trinajstić information content (AvgIpc) is 2.37. The first-order chi connectivity index (χ1) is 8.63. The average molecular weight is 252 g/mol. The summed E-state index contributed by atoms with van der Waals surface area (Å²) < 4.78 is 10.0. The zero-order valence-corrected chi connectivity index (χ0v) is 10.4. The highest BCUT2D eigenvalue weighted by atomic mass is 16.6. The third-order valence-electron chi connectivity index (χ3n) is 2.40. The van der Waals surface area contributed by atoms with Gasteiger partial charge in [0.05, 0.1) is 12.7 Å². The molecule has 0 saturated heterocycles. The van der Waals surface area contributed by atoms with Gasteiger partial charge in [-0.3, -0.25) is 9.59 Å². The Morgan fingerprint density at radius 2 is 2.11 bits per heavy atom. The summed E-state index contributed by atoms with van der Waals surface area (Å²) in [6.07, 6.45) is 2.38. The first-order valence-electron chi connectivity index (χ1n) is 5.69. The predicted octanol–water partition coefficient (Wildman–Crippen LogP) is 2.31. The molecule has 1 rings (SSSR count). The van der Waals surface area contributed by atoms with Crippen LogP contribution >= 0.6 is 0 Å². The van der Waals surface area contributed by atoms with Crippen LogP contribution in [0, 0.1) is 0 Å². The summed E-state index contributed by atoms with van der Waals surface area (Å²) in [4.78, 5) is 22.4. The standard InChI is InChI=1S/C13H16O5/c1-3-4-5-11(16)18-12-9(8-14)6-7-10(15)13(12)17-2/h6-8,15H,3-5H2,1-2H3. The highest BCUT2D eigenvalue weighted by Gasteiger charge is 2.18. The molecule has 1 aromatic carbocycles. The molecule has 0 amide bonds. The van der Waals surface area contributed by atoms with Crippen LogP contribution in [0.4, 0.5) is 0 Å². The van der Waals surface area contributed by atoms with Gasteiger partial charge in [0.2, 0.25) is 5.75 Å². The lowest BCUT2D eigenvalue weighted by Gasteiger charge is -2.12. The molecule has 18 heavy (non-hydrogen) atoms. The van der Waals surface area contributed by atoms with Crippen molar-refractivity contribution in [2.45, 2.75) is 26.2 Å². The van der Waals surface area contributed by atoms with Crippen molar-refractivity contribution in [3.05, 3.63) is 17.7 Å². The van der Waals surface area contributed by atoms with E-state index in [0.29, 0.717) is 12.7 Å². The second-order valence-electron chi connectivity index (χ2n) is 3.73. The molecule has 1 aromatic rings. The topological polar surface area (TPSA) is 72.8 Å². The third kappa shape index (κ3) is 3.23. The Balaban J connectivity index is 3.01. The van der Waals surface area contributed by atoms with Crippen LogP contribution < -0.4 is 9.47 Å². The van der Waals surface area contributed by atoms with E-state index in [1.54, 1.807) is 0 Å². The number of aromatic hydroxyl groups is 1. The van der Waals surface area contributed by atoms with Gasteiger partial charge in [-0.2, -0.15) is 0 Å². The van der Waals surface area contributed by atoms with E-state index < -0.39 is 5.97 Å². The van der Waals surface area contributed by atoms with Gasteiger partial charge in [0.25, 0.3) is 0 Å². The summed E-state index contributed by atoms with van der Waals surface area (Å²) in [5, 5.41) is 9.57. The molecule has 0 spiro atoms. The minimum atomic E-state index is -0.455. The van der Waals surface area contributed by atoms with E-state index >= 15 is 0 Å². The number of hydrogen-bond acceptors (Lipinski definition) is 5. The zero-order valence-electron chi connectivity index (χ0n) is 10.4. The van der Waals surface area contributed by atoms with Gasteiger partial charge in [0, 0.05) is 6.42 Å². The van der Waals surface area contributed by atoms with Gasteiger partial charge in [0.1, 0.15) is 0 Å². The molecule has 0 aliphatic heterocycles. The number of carbonyl (C=O) groups excluding carboxylic acids is 2. The second-order valence-corrected chi connectivity index (χ2v) is 3.73. The molecule has 0 heterocycles. The zero-order chi connectivity index (χ0) is 13.5. The van der Waals surface area contributed by atoms with Crippen LogP contribution in [0.5, 0.6) is 17.2 Å². The molecule has 0 aliphatic rings. The third-order valence-corrected chi connectivity index (χ3v) is 2.40. The van der Waals surface area contributed by atoms with Crippen molar-refractivity contribution >= 4 is 12.3 Å². The van der Waals surface area contributed by atoms with Crippen LogP contribution in [0.1, 0.15) is 36.5 Å². The van der Waals surface area contributed by atoms with Crippen molar-refractivity contribution in [3.63, 3.8) is 0 Å². The molecule has 0 unspecified atom stereocenters. The number of phenolic OH excluding ortho intramolecular Hbond substituents is 1. The maximum atomic E-state index is 11.5. The Labute approximate surface area is 105 Å². The molecule has 0 saturated carbocycles. The summed E-state index contributed by atoms with van der Waals surface area (Å²) in [7, 11) is 1.33. The molecular formula is C13H16O5. The maximum absolute atomic E-state index is 11.5.